The fourth-order valence-corrected chi connectivity index (χ4v) is 3.30. The van der Waals surface area contributed by atoms with Crippen LogP contribution < -0.4 is 5.32 Å². The molecule has 3 rings (SSSR count). The highest BCUT2D eigenvalue weighted by Crippen LogP contribution is 2.33. The number of ketones is 1. The van der Waals surface area contributed by atoms with E-state index >= 15 is 0 Å². The van der Waals surface area contributed by atoms with Gasteiger partial charge in [-0.15, -0.1) is 0 Å². The van der Waals surface area contributed by atoms with Crippen LogP contribution in [-0.4, -0.2) is 17.2 Å². The molecular weight excluding hydrogens is 286 g/mol. The van der Waals surface area contributed by atoms with Crippen LogP contribution in [-0.2, 0) is 12.8 Å². The Morgan fingerprint density at radius 3 is 2.35 bits per heavy atom. The van der Waals surface area contributed by atoms with E-state index in [2.05, 4.69) is 12.2 Å². The van der Waals surface area contributed by atoms with Gasteiger partial charge < -0.3 is 5.32 Å². The monoisotopic (exact) mass is 307 g/mol. The molecule has 118 valence electrons. The lowest BCUT2D eigenvalue weighted by molar-refractivity contribution is 0.0898. The van der Waals surface area contributed by atoms with Crippen LogP contribution in [0.25, 0.3) is 0 Å². The Labute approximate surface area is 136 Å². The SMILES string of the molecule is CCC1(NC(=O)c2ccccc2)Cc2ccc(C(C)=O)cc2C1. The summed E-state index contributed by atoms with van der Waals surface area (Å²) >= 11 is 0. The molecule has 0 radical (unpaired) electrons. The van der Waals surface area contributed by atoms with Gasteiger partial charge in [0.2, 0.25) is 0 Å². The van der Waals surface area contributed by atoms with Crippen molar-refractivity contribution in [3.63, 3.8) is 0 Å². The Balaban J connectivity index is 1.83. The van der Waals surface area contributed by atoms with Gasteiger partial charge in [-0.25, -0.2) is 0 Å². The molecule has 1 aliphatic rings. The Bertz CT molecular complexity index is 751. The van der Waals surface area contributed by atoms with Gasteiger partial charge in [-0.1, -0.05) is 37.3 Å². The average molecular weight is 307 g/mol. The summed E-state index contributed by atoms with van der Waals surface area (Å²) in [6.45, 7) is 3.68. The van der Waals surface area contributed by atoms with E-state index in [1.165, 1.54) is 11.1 Å². The first-order chi connectivity index (χ1) is 11.0. The van der Waals surface area contributed by atoms with Gasteiger partial charge >= 0.3 is 0 Å². The molecule has 0 saturated heterocycles. The molecule has 1 aliphatic carbocycles. The minimum atomic E-state index is -0.259. The van der Waals surface area contributed by atoms with Gasteiger partial charge in [0, 0.05) is 16.7 Å². The van der Waals surface area contributed by atoms with Crippen molar-refractivity contribution in [2.24, 2.45) is 0 Å². The zero-order valence-corrected chi connectivity index (χ0v) is 13.6. The second-order valence-electron chi connectivity index (χ2n) is 6.35. The fraction of sp³-hybridized carbons (Fsp3) is 0.300. The van der Waals surface area contributed by atoms with Crippen molar-refractivity contribution in [3.05, 3.63) is 70.8 Å². The molecular formula is C20H21NO2. The Morgan fingerprint density at radius 1 is 1.00 bits per heavy atom. The van der Waals surface area contributed by atoms with Crippen molar-refractivity contribution < 1.29 is 9.59 Å². The van der Waals surface area contributed by atoms with Crippen LogP contribution in [0, 0.1) is 0 Å². The molecule has 2 aromatic carbocycles. The highest BCUT2D eigenvalue weighted by Gasteiger charge is 2.37. The summed E-state index contributed by atoms with van der Waals surface area (Å²) in [6, 6.07) is 15.2. The molecule has 0 saturated carbocycles. The molecule has 0 spiro atoms. The number of fused-ring (bicyclic) bond motifs is 1. The maximum absolute atomic E-state index is 12.5. The summed E-state index contributed by atoms with van der Waals surface area (Å²) in [4.78, 5) is 24.1. The van der Waals surface area contributed by atoms with Crippen LogP contribution in [0.15, 0.2) is 48.5 Å². The standard InChI is InChI=1S/C20H21NO2/c1-3-20(21-19(23)15-7-5-4-6-8-15)12-17-10-9-16(14(2)22)11-18(17)13-20/h4-11H,3,12-13H2,1-2H3,(H,21,23). The van der Waals surface area contributed by atoms with E-state index < -0.39 is 0 Å². The normalized spacial score (nSPS) is 19.2. The molecule has 1 atom stereocenters. The van der Waals surface area contributed by atoms with Gasteiger partial charge in [0.1, 0.15) is 0 Å². The third-order valence-corrected chi connectivity index (χ3v) is 4.76. The third kappa shape index (κ3) is 3.04. The maximum Gasteiger partial charge on any atom is 0.251 e. The van der Waals surface area contributed by atoms with Gasteiger partial charge in [0.25, 0.3) is 5.91 Å². The van der Waals surface area contributed by atoms with E-state index in [-0.39, 0.29) is 17.2 Å². The molecule has 0 aromatic heterocycles. The molecule has 0 bridgehead atoms. The van der Waals surface area contributed by atoms with E-state index in [9.17, 15) is 9.59 Å². The van der Waals surface area contributed by atoms with Crippen molar-refractivity contribution in [1.82, 2.24) is 5.32 Å². The number of rotatable bonds is 4. The van der Waals surface area contributed by atoms with Crippen LogP contribution in [0.3, 0.4) is 0 Å². The number of amides is 1. The van der Waals surface area contributed by atoms with Gasteiger partial charge in [0.05, 0.1) is 0 Å². The topological polar surface area (TPSA) is 46.2 Å². The first-order valence-electron chi connectivity index (χ1n) is 8.03. The number of Topliss-reactive ketones (excluding diaryl/α,β-unsaturated/α-hetero) is 1. The minimum Gasteiger partial charge on any atom is -0.346 e. The van der Waals surface area contributed by atoms with Crippen molar-refractivity contribution in [3.8, 4) is 0 Å². The van der Waals surface area contributed by atoms with Crippen LogP contribution in [0.2, 0.25) is 0 Å². The van der Waals surface area contributed by atoms with E-state index in [1.807, 2.05) is 48.5 Å². The molecule has 0 heterocycles. The highest BCUT2D eigenvalue weighted by atomic mass is 16.1. The summed E-state index contributed by atoms with van der Waals surface area (Å²) in [5.41, 5.74) is 3.56. The van der Waals surface area contributed by atoms with Gasteiger partial charge in [-0.2, -0.15) is 0 Å². The molecule has 23 heavy (non-hydrogen) atoms. The molecule has 1 unspecified atom stereocenters. The molecule has 3 nitrogen and oxygen atoms in total. The summed E-state index contributed by atoms with van der Waals surface area (Å²) in [6.07, 6.45) is 2.45. The molecule has 3 heteroatoms. The van der Waals surface area contributed by atoms with Crippen molar-refractivity contribution in [2.75, 3.05) is 0 Å². The zero-order chi connectivity index (χ0) is 16.4. The van der Waals surface area contributed by atoms with Gasteiger partial charge in [-0.3, -0.25) is 9.59 Å². The summed E-state index contributed by atoms with van der Waals surface area (Å²) < 4.78 is 0. The van der Waals surface area contributed by atoms with E-state index in [4.69, 9.17) is 0 Å². The fourth-order valence-electron chi connectivity index (χ4n) is 3.30. The predicted molar refractivity (Wildman–Crippen MR) is 90.8 cm³/mol. The number of carbonyl (C=O) groups excluding carboxylic acids is 2. The minimum absolute atomic E-state index is 0.0351. The number of nitrogens with one attached hydrogen (secondary N) is 1. The number of benzene rings is 2. The van der Waals surface area contributed by atoms with Crippen LogP contribution >= 0.6 is 0 Å². The molecule has 1 amide bonds. The van der Waals surface area contributed by atoms with E-state index in [0.717, 1.165) is 24.8 Å². The van der Waals surface area contributed by atoms with Crippen molar-refractivity contribution in [1.29, 1.82) is 0 Å². The number of hydrogen-bond acceptors (Lipinski definition) is 2. The highest BCUT2D eigenvalue weighted by molar-refractivity contribution is 5.95. The van der Waals surface area contributed by atoms with Crippen LogP contribution in [0.4, 0.5) is 0 Å². The Morgan fingerprint density at radius 2 is 1.70 bits per heavy atom. The smallest absolute Gasteiger partial charge is 0.251 e. The largest absolute Gasteiger partial charge is 0.346 e. The molecule has 2 aromatic rings. The van der Waals surface area contributed by atoms with Crippen molar-refractivity contribution in [2.45, 2.75) is 38.6 Å². The zero-order valence-electron chi connectivity index (χ0n) is 13.6. The van der Waals surface area contributed by atoms with Gasteiger partial charge in [0.15, 0.2) is 5.78 Å². The van der Waals surface area contributed by atoms with E-state index in [1.54, 1.807) is 6.92 Å². The van der Waals surface area contributed by atoms with Gasteiger partial charge in [-0.05, 0) is 55.5 Å². The lowest BCUT2D eigenvalue weighted by Gasteiger charge is -2.29. The van der Waals surface area contributed by atoms with Crippen LogP contribution in [0.5, 0.6) is 0 Å². The summed E-state index contributed by atoms with van der Waals surface area (Å²) in [7, 11) is 0. The third-order valence-electron chi connectivity index (χ3n) is 4.76. The van der Waals surface area contributed by atoms with Crippen molar-refractivity contribution >= 4 is 11.7 Å². The molecule has 1 N–H and O–H groups in total. The molecule has 0 fully saturated rings. The Kier molecular flexibility index (Phi) is 4.03. The lowest BCUT2D eigenvalue weighted by Crippen LogP contribution is -2.48. The van der Waals surface area contributed by atoms with E-state index in [0.29, 0.717) is 5.56 Å². The quantitative estimate of drug-likeness (QED) is 0.878. The maximum atomic E-state index is 12.5. The molecule has 0 aliphatic heterocycles. The first-order valence-corrected chi connectivity index (χ1v) is 8.03. The summed E-state index contributed by atoms with van der Waals surface area (Å²) in [5, 5.41) is 3.23. The number of hydrogen-bond donors (Lipinski definition) is 1. The predicted octanol–water partition coefficient (Wildman–Crippen LogP) is 3.57. The average Bonchev–Trinajstić information content (AvgIpc) is 2.93. The summed E-state index contributed by atoms with van der Waals surface area (Å²) in [5.74, 6) is 0.0437. The first kappa shape index (κ1) is 15.5. The second-order valence-corrected chi connectivity index (χ2v) is 6.35. The lowest BCUT2D eigenvalue weighted by atomic mass is 9.92. The number of carbonyl (C=O) groups is 2. The second kappa shape index (κ2) is 5.99. The van der Waals surface area contributed by atoms with Crippen LogP contribution in [0.1, 0.15) is 52.1 Å². The Hall–Kier alpha value is -2.42.